The smallest absolute Gasteiger partial charge is 0.318 e. The molecular weight excluding hydrogens is 181 g/mol. The molecule has 74 valence electrons. The van der Waals surface area contributed by atoms with E-state index < -0.39 is 11.4 Å². The van der Waals surface area contributed by atoms with Gasteiger partial charge in [0.1, 0.15) is 11.7 Å². The van der Waals surface area contributed by atoms with Gasteiger partial charge in [-0.3, -0.25) is 4.79 Å². The van der Waals surface area contributed by atoms with Gasteiger partial charge in [-0.05, 0) is 12.8 Å². The van der Waals surface area contributed by atoms with Gasteiger partial charge >= 0.3 is 5.97 Å². The number of nitrogens with zero attached hydrogens (tertiary/aromatic N) is 1. The zero-order valence-corrected chi connectivity index (χ0v) is 8.16. The lowest BCUT2D eigenvalue weighted by atomic mass is 9.40. The summed E-state index contributed by atoms with van der Waals surface area (Å²) in [7, 11) is 1.28. The molecule has 1 fully saturated rings. The topological polar surface area (TPSA) is 67.2 Å². The molecule has 1 aliphatic rings. The fourth-order valence-corrected chi connectivity index (χ4v) is 1.84. The van der Waals surface area contributed by atoms with Gasteiger partial charge in [-0.15, -0.1) is 0 Å². The predicted molar refractivity (Wildman–Crippen MR) is 50.7 cm³/mol. The summed E-state index contributed by atoms with van der Waals surface area (Å²) in [4.78, 5) is 22.3. The number of aldehydes is 1. The molecule has 0 aromatic heterocycles. The molecule has 1 saturated heterocycles. The van der Waals surface area contributed by atoms with Gasteiger partial charge in [-0.1, -0.05) is 12.6 Å². The fourth-order valence-electron chi connectivity index (χ4n) is 1.84. The van der Waals surface area contributed by atoms with Crippen LogP contribution in [0.1, 0.15) is 12.8 Å². The van der Waals surface area contributed by atoms with Gasteiger partial charge in [0, 0.05) is 5.97 Å². The lowest BCUT2D eigenvalue weighted by Gasteiger charge is -2.29. The zero-order valence-electron chi connectivity index (χ0n) is 8.16. The highest BCUT2D eigenvalue weighted by Gasteiger charge is 2.43. The molecule has 0 bridgehead atoms. The molecule has 5 heteroatoms. The number of rotatable bonds is 2. The standard InChI is InChI=1S/C9H12BNO3/c1-14-8(13)9(6-12)2-4-10(7-11)5-3-9/h6H,2-5H2,1H3. The first kappa shape index (κ1) is 10.8. The van der Waals surface area contributed by atoms with Crippen LogP contribution in [0.15, 0.2) is 0 Å². The molecule has 0 radical (unpaired) electrons. The van der Waals surface area contributed by atoms with Crippen molar-refractivity contribution in [3.05, 3.63) is 0 Å². The van der Waals surface area contributed by atoms with Gasteiger partial charge in [-0.2, -0.15) is 0 Å². The predicted octanol–water partition coefficient (Wildman–Crippen LogP) is 0.696. The third-order valence-corrected chi connectivity index (χ3v) is 2.88. The largest absolute Gasteiger partial charge is 0.468 e. The van der Waals surface area contributed by atoms with E-state index in [-0.39, 0.29) is 6.71 Å². The number of hydrogen-bond donors (Lipinski definition) is 0. The number of carbonyl (C=O) groups excluding carboxylic acids is 2. The molecule has 1 aliphatic heterocycles. The Morgan fingerprint density at radius 3 is 2.50 bits per heavy atom. The lowest BCUT2D eigenvalue weighted by molar-refractivity contribution is -0.155. The number of methoxy groups -OCH3 is 1. The van der Waals surface area contributed by atoms with Crippen LogP contribution in [0.5, 0.6) is 0 Å². The molecule has 4 nitrogen and oxygen atoms in total. The van der Waals surface area contributed by atoms with E-state index in [1.54, 1.807) is 0 Å². The molecule has 0 amide bonds. The van der Waals surface area contributed by atoms with Crippen LogP contribution in [0.4, 0.5) is 0 Å². The molecule has 14 heavy (non-hydrogen) atoms. The van der Waals surface area contributed by atoms with Crippen LogP contribution in [-0.2, 0) is 14.3 Å². The first-order valence-electron chi connectivity index (χ1n) is 4.63. The average Bonchev–Trinajstić information content (AvgIpc) is 2.28. The van der Waals surface area contributed by atoms with E-state index in [2.05, 4.69) is 10.7 Å². The summed E-state index contributed by atoms with van der Waals surface area (Å²) in [6.07, 6.45) is 2.74. The maximum atomic E-state index is 11.4. The highest BCUT2D eigenvalue weighted by atomic mass is 16.5. The maximum absolute atomic E-state index is 11.4. The van der Waals surface area contributed by atoms with Crippen molar-refractivity contribution in [2.75, 3.05) is 7.11 Å². The Hall–Kier alpha value is -1.31. The third kappa shape index (κ3) is 1.79. The first-order chi connectivity index (χ1) is 6.68. The SMILES string of the molecule is COC(=O)C1(C=O)CCB(C#N)CC1. The van der Waals surface area contributed by atoms with Crippen LogP contribution in [0.2, 0.25) is 12.6 Å². The number of carbonyl (C=O) groups is 2. The molecule has 0 aliphatic carbocycles. The van der Waals surface area contributed by atoms with Crippen LogP contribution >= 0.6 is 0 Å². The van der Waals surface area contributed by atoms with Gasteiger partial charge in [0.2, 0.25) is 0 Å². The Kier molecular flexibility index (Phi) is 3.29. The van der Waals surface area contributed by atoms with Gasteiger partial charge < -0.3 is 9.53 Å². The highest BCUT2D eigenvalue weighted by Crippen LogP contribution is 2.36. The monoisotopic (exact) mass is 193 g/mol. The van der Waals surface area contributed by atoms with Crippen LogP contribution < -0.4 is 0 Å². The summed E-state index contributed by atoms with van der Waals surface area (Å²) in [5, 5.41) is 8.68. The van der Waals surface area contributed by atoms with Crippen molar-refractivity contribution in [2.45, 2.75) is 25.5 Å². The third-order valence-electron chi connectivity index (χ3n) is 2.88. The number of hydrogen-bond acceptors (Lipinski definition) is 4. The highest BCUT2D eigenvalue weighted by molar-refractivity contribution is 6.67. The van der Waals surface area contributed by atoms with Crippen LogP contribution in [-0.4, -0.2) is 26.1 Å². The Labute approximate surface area is 83.3 Å². The minimum atomic E-state index is -0.984. The number of esters is 1. The summed E-state index contributed by atoms with van der Waals surface area (Å²) < 4.78 is 4.60. The summed E-state index contributed by atoms with van der Waals surface area (Å²) >= 11 is 0. The second-order valence-corrected chi connectivity index (χ2v) is 3.67. The van der Waals surface area contributed by atoms with Crippen molar-refractivity contribution in [3.8, 4) is 5.97 Å². The van der Waals surface area contributed by atoms with Crippen LogP contribution in [0.25, 0.3) is 0 Å². The molecule has 0 atom stereocenters. The number of nitriles is 1. The van der Waals surface area contributed by atoms with E-state index in [1.807, 2.05) is 0 Å². The van der Waals surface area contributed by atoms with Crippen LogP contribution in [0.3, 0.4) is 0 Å². The van der Waals surface area contributed by atoms with E-state index in [0.717, 1.165) is 0 Å². The van der Waals surface area contributed by atoms with Gasteiger partial charge in [0.05, 0.1) is 7.11 Å². The maximum Gasteiger partial charge on any atom is 0.318 e. The van der Waals surface area contributed by atoms with Crippen molar-refractivity contribution in [1.82, 2.24) is 0 Å². The van der Waals surface area contributed by atoms with Crippen molar-refractivity contribution >= 4 is 19.0 Å². The second kappa shape index (κ2) is 4.27. The van der Waals surface area contributed by atoms with Gasteiger partial charge in [0.25, 0.3) is 6.71 Å². The Morgan fingerprint density at radius 2 is 2.14 bits per heavy atom. The second-order valence-electron chi connectivity index (χ2n) is 3.67. The Balaban J connectivity index is 2.72. The number of ether oxygens (including phenoxy) is 1. The molecule has 0 saturated carbocycles. The molecule has 1 heterocycles. The normalized spacial score (nSPS) is 19.6. The molecule has 0 spiro atoms. The first-order valence-corrected chi connectivity index (χ1v) is 4.63. The van der Waals surface area contributed by atoms with Crippen molar-refractivity contribution in [2.24, 2.45) is 5.41 Å². The van der Waals surface area contributed by atoms with E-state index in [9.17, 15) is 9.59 Å². The minimum Gasteiger partial charge on any atom is -0.468 e. The Morgan fingerprint density at radius 1 is 1.57 bits per heavy atom. The van der Waals surface area contributed by atoms with Crippen molar-refractivity contribution in [1.29, 1.82) is 5.26 Å². The molecule has 0 aromatic carbocycles. The molecule has 1 rings (SSSR count). The van der Waals surface area contributed by atoms with E-state index in [1.165, 1.54) is 7.11 Å². The molecular formula is C9H12BNO3. The van der Waals surface area contributed by atoms with E-state index in [0.29, 0.717) is 31.8 Å². The van der Waals surface area contributed by atoms with E-state index in [4.69, 9.17) is 5.26 Å². The quantitative estimate of drug-likeness (QED) is 0.280. The van der Waals surface area contributed by atoms with Crippen molar-refractivity contribution < 1.29 is 14.3 Å². The Bertz CT molecular complexity index is 276. The lowest BCUT2D eigenvalue weighted by Crippen LogP contribution is -2.39. The van der Waals surface area contributed by atoms with Gasteiger partial charge in [0.15, 0.2) is 0 Å². The minimum absolute atomic E-state index is 0.0206. The summed E-state index contributed by atoms with van der Waals surface area (Å²) in [5.74, 6) is 1.69. The summed E-state index contributed by atoms with van der Waals surface area (Å²) in [6, 6.07) is 0. The average molecular weight is 193 g/mol. The molecule has 0 unspecified atom stereocenters. The van der Waals surface area contributed by atoms with E-state index >= 15 is 0 Å². The summed E-state index contributed by atoms with van der Waals surface area (Å²) in [5.41, 5.74) is -0.984. The molecule has 0 N–H and O–H groups in total. The van der Waals surface area contributed by atoms with Crippen molar-refractivity contribution in [3.63, 3.8) is 0 Å². The summed E-state index contributed by atoms with van der Waals surface area (Å²) in [6.45, 7) is -0.0206. The van der Waals surface area contributed by atoms with Crippen LogP contribution in [0, 0.1) is 16.6 Å². The zero-order chi connectivity index (χ0) is 10.6. The molecule has 0 aromatic rings. The van der Waals surface area contributed by atoms with Gasteiger partial charge in [-0.25, -0.2) is 5.26 Å². The fraction of sp³-hybridized carbons (Fsp3) is 0.667.